The van der Waals surface area contributed by atoms with Crippen LogP contribution in [0.2, 0.25) is 0 Å². The molecule has 240 valence electrons. The molecule has 0 saturated carbocycles. The Hall–Kier alpha value is -3.81. The predicted molar refractivity (Wildman–Crippen MR) is 183 cm³/mol. The van der Waals surface area contributed by atoms with E-state index in [-0.39, 0.29) is 5.78 Å². The van der Waals surface area contributed by atoms with Crippen LogP contribution in [0.5, 0.6) is 0 Å². The molecular weight excluding hydrogens is 562 g/mol. The molecule has 3 aromatic carbocycles. The molecule has 1 aliphatic heterocycles. The van der Waals surface area contributed by atoms with E-state index in [0.29, 0.717) is 18.8 Å². The standard InChI is InChI=1S/C38H49N3O4/c1-6-8-9-10-11-12-36(39-45-29(3)42)31-15-21-34(22-16-31)41(33-19-13-30(7-2)14-20-33)35-23-17-32(18-24-35)37(43)38(4,5)40-25-27-44-28-26-40/h13-24H,6-12,25-28H2,1-5H3/b39-36+. The average molecular weight is 612 g/mol. The zero-order valence-electron chi connectivity index (χ0n) is 27.7. The molecule has 0 unspecified atom stereocenters. The normalized spacial score (nSPS) is 14.3. The van der Waals surface area contributed by atoms with Crippen molar-refractivity contribution in [1.82, 2.24) is 4.90 Å². The van der Waals surface area contributed by atoms with Gasteiger partial charge in [0.2, 0.25) is 0 Å². The summed E-state index contributed by atoms with van der Waals surface area (Å²) < 4.78 is 5.51. The van der Waals surface area contributed by atoms with Gasteiger partial charge in [-0.1, -0.05) is 69.0 Å². The van der Waals surface area contributed by atoms with Gasteiger partial charge in [0.15, 0.2) is 5.78 Å². The van der Waals surface area contributed by atoms with Gasteiger partial charge < -0.3 is 14.5 Å². The second-order valence-electron chi connectivity index (χ2n) is 12.2. The summed E-state index contributed by atoms with van der Waals surface area (Å²) in [4.78, 5) is 34.6. The largest absolute Gasteiger partial charge is 0.379 e. The minimum Gasteiger partial charge on any atom is -0.379 e. The first-order chi connectivity index (χ1) is 21.7. The molecule has 1 aliphatic rings. The molecule has 0 radical (unpaired) electrons. The Morgan fingerprint density at radius 3 is 1.87 bits per heavy atom. The van der Waals surface area contributed by atoms with E-state index in [1.807, 2.05) is 50.2 Å². The van der Waals surface area contributed by atoms with Crippen LogP contribution in [0.25, 0.3) is 0 Å². The monoisotopic (exact) mass is 611 g/mol. The van der Waals surface area contributed by atoms with Crippen LogP contribution < -0.4 is 4.90 Å². The highest BCUT2D eigenvalue weighted by molar-refractivity contribution is 6.03. The zero-order valence-corrected chi connectivity index (χ0v) is 27.7. The van der Waals surface area contributed by atoms with Crippen molar-refractivity contribution in [3.8, 4) is 0 Å². The second kappa shape index (κ2) is 16.5. The van der Waals surface area contributed by atoms with Gasteiger partial charge >= 0.3 is 5.97 Å². The third-order valence-electron chi connectivity index (χ3n) is 8.61. The van der Waals surface area contributed by atoms with E-state index in [1.54, 1.807) is 0 Å². The SMILES string of the molecule is CCCCCCC/C(=N\OC(C)=O)c1ccc(N(c2ccc(CC)cc2)c2ccc(C(=O)C(C)(C)N3CCOCC3)cc2)cc1. The van der Waals surface area contributed by atoms with Crippen molar-refractivity contribution in [2.45, 2.75) is 85.1 Å². The van der Waals surface area contributed by atoms with Crippen LogP contribution in [0, 0.1) is 0 Å². The van der Waals surface area contributed by atoms with Gasteiger partial charge in [0.25, 0.3) is 0 Å². The number of oxime groups is 1. The van der Waals surface area contributed by atoms with E-state index in [4.69, 9.17) is 9.57 Å². The molecule has 0 bridgehead atoms. The van der Waals surface area contributed by atoms with Crippen molar-refractivity contribution >= 4 is 34.5 Å². The predicted octanol–water partition coefficient (Wildman–Crippen LogP) is 8.64. The molecule has 0 spiro atoms. The van der Waals surface area contributed by atoms with Crippen LogP contribution in [-0.4, -0.2) is 54.2 Å². The molecule has 4 rings (SSSR count). The van der Waals surface area contributed by atoms with E-state index in [2.05, 4.69) is 65.2 Å². The lowest BCUT2D eigenvalue weighted by molar-refractivity contribution is -0.140. The maximum atomic E-state index is 13.6. The van der Waals surface area contributed by atoms with E-state index in [0.717, 1.165) is 67.1 Å². The Balaban J connectivity index is 1.62. The number of Topliss-reactive ketones (excluding diaryl/α,β-unsaturated/α-hetero) is 1. The van der Waals surface area contributed by atoms with Crippen molar-refractivity contribution in [3.05, 3.63) is 89.5 Å². The number of carbonyl (C=O) groups is 2. The number of benzene rings is 3. The fourth-order valence-electron chi connectivity index (χ4n) is 5.77. The fraction of sp³-hybridized carbons (Fsp3) is 0.447. The maximum Gasteiger partial charge on any atom is 0.331 e. The summed E-state index contributed by atoms with van der Waals surface area (Å²) in [5, 5.41) is 4.21. The van der Waals surface area contributed by atoms with E-state index < -0.39 is 11.5 Å². The van der Waals surface area contributed by atoms with Crippen LogP contribution in [0.1, 0.15) is 94.6 Å². The summed E-state index contributed by atoms with van der Waals surface area (Å²) in [6.07, 6.45) is 7.43. The molecular formula is C38H49N3O4. The van der Waals surface area contributed by atoms with Gasteiger partial charge in [0.1, 0.15) is 0 Å². The molecule has 1 saturated heterocycles. The molecule has 7 heteroatoms. The molecule has 0 N–H and O–H groups in total. The zero-order chi connectivity index (χ0) is 32.2. The van der Waals surface area contributed by atoms with Gasteiger partial charge in [-0.15, -0.1) is 0 Å². The van der Waals surface area contributed by atoms with Crippen LogP contribution in [0.15, 0.2) is 78.0 Å². The summed E-state index contributed by atoms with van der Waals surface area (Å²) in [6.45, 7) is 12.5. The number of hydrogen-bond donors (Lipinski definition) is 0. The average Bonchev–Trinajstić information content (AvgIpc) is 3.07. The smallest absolute Gasteiger partial charge is 0.331 e. The van der Waals surface area contributed by atoms with Crippen molar-refractivity contribution in [2.24, 2.45) is 5.16 Å². The van der Waals surface area contributed by atoms with Gasteiger partial charge in [-0.2, -0.15) is 0 Å². The number of unbranched alkanes of at least 4 members (excludes halogenated alkanes) is 4. The lowest BCUT2D eigenvalue weighted by atomic mass is 9.90. The number of anilines is 3. The Kier molecular flexibility index (Phi) is 12.5. The first-order valence-electron chi connectivity index (χ1n) is 16.5. The van der Waals surface area contributed by atoms with E-state index in [9.17, 15) is 9.59 Å². The van der Waals surface area contributed by atoms with Crippen LogP contribution in [0.4, 0.5) is 17.1 Å². The second-order valence-corrected chi connectivity index (χ2v) is 12.2. The van der Waals surface area contributed by atoms with Gasteiger partial charge in [0, 0.05) is 42.6 Å². The molecule has 7 nitrogen and oxygen atoms in total. The van der Waals surface area contributed by atoms with Crippen molar-refractivity contribution in [1.29, 1.82) is 0 Å². The van der Waals surface area contributed by atoms with Gasteiger partial charge in [-0.25, -0.2) is 4.79 Å². The molecule has 0 amide bonds. The minimum atomic E-state index is -0.613. The third kappa shape index (κ3) is 9.12. The van der Waals surface area contributed by atoms with Crippen LogP contribution in [-0.2, 0) is 20.8 Å². The summed E-state index contributed by atoms with van der Waals surface area (Å²) in [5.41, 5.74) is 6.02. The molecule has 3 aromatic rings. The first-order valence-corrected chi connectivity index (χ1v) is 16.5. The van der Waals surface area contributed by atoms with Crippen LogP contribution in [0.3, 0.4) is 0 Å². The number of hydrogen-bond acceptors (Lipinski definition) is 7. The Bertz CT molecular complexity index is 1410. The summed E-state index contributed by atoms with van der Waals surface area (Å²) in [6, 6.07) is 24.7. The highest BCUT2D eigenvalue weighted by Crippen LogP contribution is 2.35. The van der Waals surface area contributed by atoms with Crippen molar-refractivity contribution < 1.29 is 19.2 Å². The van der Waals surface area contributed by atoms with Crippen molar-refractivity contribution in [2.75, 3.05) is 31.2 Å². The number of morpholine rings is 1. The fourth-order valence-corrected chi connectivity index (χ4v) is 5.77. The van der Waals surface area contributed by atoms with Crippen LogP contribution >= 0.6 is 0 Å². The minimum absolute atomic E-state index is 0.105. The molecule has 0 aliphatic carbocycles. The quantitative estimate of drug-likeness (QED) is 0.0563. The third-order valence-corrected chi connectivity index (χ3v) is 8.61. The summed E-state index contributed by atoms with van der Waals surface area (Å²) in [5.74, 6) is -0.319. The van der Waals surface area contributed by atoms with Crippen molar-refractivity contribution in [3.63, 3.8) is 0 Å². The molecule has 1 heterocycles. The molecule has 1 fully saturated rings. The number of nitrogens with zero attached hydrogens (tertiary/aromatic N) is 3. The molecule has 0 aromatic heterocycles. The Labute approximate surface area is 269 Å². The number of ether oxygens (including phenoxy) is 1. The van der Waals surface area contributed by atoms with Gasteiger partial charge in [0.05, 0.1) is 24.5 Å². The lowest BCUT2D eigenvalue weighted by Crippen LogP contribution is -2.54. The Morgan fingerprint density at radius 2 is 1.33 bits per heavy atom. The van der Waals surface area contributed by atoms with E-state index >= 15 is 0 Å². The maximum absolute atomic E-state index is 13.6. The summed E-state index contributed by atoms with van der Waals surface area (Å²) >= 11 is 0. The van der Waals surface area contributed by atoms with Gasteiger partial charge in [-0.05, 0) is 92.8 Å². The molecule has 45 heavy (non-hydrogen) atoms. The number of aryl methyl sites for hydroxylation is 1. The number of rotatable bonds is 15. The highest BCUT2D eigenvalue weighted by Gasteiger charge is 2.36. The summed E-state index contributed by atoms with van der Waals surface area (Å²) in [7, 11) is 0. The van der Waals surface area contributed by atoms with Gasteiger partial charge in [-0.3, -0.25) is 9.69 Å². The highest BCUT2D eigenvalue weighted by atomic mass is 16.7. The number of ketones is 1. The lowest BCUT2D eigenvalue weighted by Gasteiger charge is -2.39. The Morgan fingerprint density at radius 1 is 0.800 bits per heavy atom. The van der Waals surface area contributed by atoms with E-state index in [1.165, 1.54) is 31.7 Å². The first kappa shape index (κ1) is 34.1. The number of carbonyl (C=O) groups excluding carboxylic acids is 2. The molecule has 0 atom stereocenters. The topological polar surface area (TPSA) is 71.4 Å².